The normalized spacial score (nSPS) is 15.1. The number of halogens is 2. The second kappa shape index (κ2) is 4.68. The van der Waals surface area contributed by atoms with E-state index in [1.54, 1.807) is 0 Å². The fraction of sp³-hybridized carbons (Fsp3) is 0.500. The molecule has 0 aromatic heterocycles. The second-order valence-electron chi connectivity index (χ2n) is 4.37. The van der Waals surface area contributed by atoms with Crippen molar-refractivity contribution < 1.29 is 8.78 Å². The van der Waals surface area contributed by atoms with Crippen LogP contribution in [-0.4, -0.2) is 6.54 Å². The Morgan fingerprint density at radius 3 is 2.44 bits per heavy atom. The lowest BCUT2D eigenvalue weighted by Crippen LogP contribution is -2.06. The lowest BCUT2D eigenvalue weighted by Gasteiger charge is -2.09. The van der Waals surface area contributed by atoms with Gasteiger partial charge in [-0.15, -0.1) is 0 Å². The van der Waals surface area contributed by atoms with Gasteiger partial charge in [0.25, 0.3) is 0 Å². The molecule has 0 saturated heterocycles. The molecule has 0 bridgehead atoms. The summed E-state index contributed by atoms with van der Waals surface area (Å²) >= 11 is 0. The molecule has 0 radical (unpaired) electrons. The third kappa shape index (κ3) is 2.84. The van der Waals surface area contributed by atoms with Gasteiger partial charge in [0.05, 0.1) is 0 Å². The van der Waals surface area contributed by atoms with Crippen molar-refractivity contribution >= 4 is 11.4 Å². The van der Waals surface area contributed by atoms with E-state index in [9.17, 15) is 8.78 Å². The van der Waals surface area contributed by atoms with E-state index in [0.29, 0.717) is 6.54 Å². The first kappa shape index (κ1) is 11.2. The molecule has 0 heterocycles. The van der Waals surface area contributed by atoms with Crippen molar-refractivity contribution in [3.8, 4) is 0 Å². The molecule has 4 heteroatoms. The van der Waals surface area contributed by atoms with E-state index >= 15 is 0 Å². The Morgan fingerprint density at radius 1 is 1.25 bits per heavy atom. The Bertz CT molecular complexity index is 352. The molecule has 88 valence electrons. The Morgan fingerprint density at radius 2 is 1.88 bits per heavy atom. The number of nitrogen functional groups attached to an aromatic ring is 1. The van der Waals surface area contributed by atoms with Gasteiger partial charge in [-0.3, -0.25) is 0 Å². The van der Waals surface area contributed by atoms with Crippen LogP contribution in [0.3, 0.4) is 0 Å². The molecule has 0 unspecified atom stereocenters. The van der Waals surface area contributed by atoms with Gasteiger partial charge in [0, 0.05) is 12.2 Å². The summed E-state index contributed by atoms with van der Waals surface area (Å²) in [5.41, 5.74) is 5.37. The third-order valence-electron chi connectivity index (χ3n) is 2.85. The van der Waals surface area contributed by atoms with E-state index in [2.05, 4.69) is 5.32 Å². The average molecular weight is 226 g/mol. The van der Waals surface area contributed by atoms with Crippen molar-refractivity contribution in [3.63, 3.8) is 0 Å². The number of anilines is 2. The minimum atomic E-state index is -0.621. The molecule has 2 nitrogen and oxygen atoms in total. The third-order valence-corrected chi connectivity index (χ3v) is 2.85. The van der Waals surface area contributed by atoms with E-state index in [-0.39, 0.29) is 11.4 Å². The highest BCUT2D eigenvalue weighted by Crippen LogP contribution is 2.33. The molecule has 1 aliphatic rings. The smallest absolute Gasteiger partial charge is 0.151 e. The highest BCUT2D eigenvalue weighted by atomic mass is 19.1. The Hall–Kier alpha value is -1.32. The van der Waals surface area contributed by atoms with E-state index < -0.39 is 11.6 Å². The first-order chi connectivity index (χ1) is 7.66. The topological polar surface area (TPSA) is 38.0 Å². The van der Waals surface area contributed by atoms with Crippen LogP contribution in [0.5, 0.6) is 0 Å². The van der Waals surface area contributed by atoms with Crippen LogP contribution in [0.25, 0.3) is 0 Å². The summed E-state index contributed by atoms with van der Waals surface area (Å²) in [7, 11) is 0. The van der Waals surface area contributed by atoms with Gasteiger partial charge in [0.1, 0.15) is 5.69 Å². The van der Waals surface area contributed by atoms with Crippen molar-refractivity contribution in [2.45, 2.75) is 25.7 Å². The van der Waals surface area contributed by atoms with Crippen LogP contribution in [0.2, 0.25) is 0 Å². The molecule has 1 fully saturated rings. The lowest BCUT2D eigenvalue weighted by molar-refractivity contribution is 0.586. The SMILES string of the molecule is Nc1cc(F)c(NCCCC2CC2)c(F)c1. The maximum absolute atomic E-state index is 13.3. The largest absolute Gasteiger partial charge is 0.399 e. The molecule has 0 spiro atoms. The highest BCUT2D eigenvalue weighted by Gasteiger charge is 2.20. The molecule has 3 N–H and O–H groups in total. The monoisotopic (exact) mass is 226 g/mol. The first-order valence-corrected chi connectivity index (χ1v) is 5.65. The number of nitrogens with one attached hydrogen (secondary N) is 1. The van der Waals surface area contributed by atoms with Gasteiger partial charge in [-0.05, 0) is 30.9 Å². The summed E-state index contributed by atoms with van der Waals surface area (Å²) < 4.78 is 26.7. The molecule has 1 aliphatic carbocycles. The van der Waals surface area contributed by atoms with Crippen molar-refractivity contribution in [1.29, 1.82) is 0 Å². The number of rotatable bonds is 5. The number of hydrogen-bond donors (Lipinski definition) is 2. The van der Waals surface area contributed by atoms with Gasteiger partial charge in [-0.2, -0.15) is 0 Å². The van der Waals surface area contributed by atoms with Gasteiger partial charge in [0.15, 0.2) is 11.6 Å². The Balaban J connectivity index is 1.87. The maximum atomic E-state index is 13.3. The summed E-state index contributed by atoms with van der Waals surface area (Å²) in [6, 6.07) is 2.26. The van der Waals surface area contributed by atoms with E-state index in [1.165, 1.54) is 12.8 Å². The molecule has 0 atom stereocenters. The van der Waals surface area contributed by atoms with Crippen molar-refractivity contribution in [2.75, 3.05) is 17.6 Å². The van der Waals surface area contributed by atoms with Crippen LogP contribution in [0.15, 0.2) is 12.1 Å². The quantitative estimate of drug-likeness (QED) is 0.598. The molecule has 1 aromatic rings. The van der Waals surface area contributed by atoms with Crippen LogP contribution in [0.1, 0.15) is 25.7 Å². The van der Waals surface area contributed by atoms with Gasteiger partial charge >= 0.3 is 0 Å². The number of benzene rings is 1. The standard InChI is InChI=1S/C12H16F2N2/c13-10-6-9(15)7-11(14)12(10)16-5-1-2-8-3-4-8/h6-8,16H,1-5,15H2. The van der Waals surface area contributed by atoms with Crippen molar-refractivity contribution in [1.82, 2.24) is 0 Å². The fourth-order valence-corrected chi connectivity index (χ4v) is 1.77. The summed E-state index contributed by atoms with van der Waals surface area (Å²) in [4.78, 5) is 0. The molecule has 0 aliphatic heterocycles. The zero-order valence-electron chi connectivity index (χ0n) is 9.10. The Kier molecular flexibility index (Phi) is 3.27. The van der Waals surface area contributed by atoms with E-state index in [4.69, 9.17) is 5.73 Å². The zero-order valence-corrected chi connectivity index (χ0v) is 9.10. The van der Waals surface area contributed by atoms with E-state index in [1.807, 2.05) is 0 Å². The molecular weight excluding hydrogens is 210 g/mol. The predicted octanol–water partition coefficient (Wildman–Crippen LogP) is 3.15. The molecule has 2 rings (SSSR count). The predicted molar refractivity (Wildman–Crippen MR) is 61.2 cm³/mol. The molecule has 1 saturated carbocycles. The summed E-state index contributed by atoms with van der Waals surface area (Å²) in [6.07, 6.45) is 4.72. The van der Waals surface area contributed by atoms with Gasteiger partial charge in [-0.25, -0.2) is 8.78 Å². The lowest BCUT2D eigenvalue weighted by atomic mass is 10.2. The Labute approximate surface area is 93.8 Å². The van der Waals surface area contributed by atoms with Crippen LogP contribution in [0, 0.1) is 17.6 Å². The summed E-state index contributed by atoms with van der Waals surface area (Å²) in [5, 5.41) is 2.79. The molecule has 16 heavy (non-hydrogen) atoms. The van der Waals surface area contributed by atoms with Gasteiger partial charge in [-0.1, -0.05) is 12.8 Å². The number of nitrogens with two attached hydrogens (primary N) is 1. The van der Waals surface area contributed by atoms with E-state index in [0.717, 1.165) is 30.9 Å². The van der Waals surface area contributed by atoms with Crippen LogP contribution in [-0.2, 0) is 0 Å². The minimum Gasteiger partial charge on any atom is -0.399 e. The maximum Gasteiger partial charge on any atom is 0.151 e. The first-order valence-electron chi connectivity index (χ1n) is 5.65. The van der Waals surface area contributed by atoms with Gasteiger partial charge in [0.2, 0.25) is 0 Å². The summed E-state index contributed by atoms with van der Waals surface area (Å²) in [6.45, 7) is 0.605. The summed E-state index contributed by atoms with van der Waals surface area (Å²) in [5.74, 6) is -0.393. The fourth-order valence-electron chi connectivity index (χ4n) is 1.77. The minimum absolute atomic E-state index is 0.0648. The van der Waals surface area contributed by atoms with Crippen LogP contribution < -0.4 is 11.1 Å². The van der Waals surface area contributed by atoms with Crippen LogP contribution in [0.4, 0.5) is 20.2 Å². The molecule has 1 aromatic carbocycles. The number of hydrogen-bond acceptors (Lipinski definition) is 2. The second-order valence-corrected chi connectivity index (χ2v) is 4.37. The molecule has 0 amide bonds. The van der Waals surface area contributed by atoms with Gasteiger partial charge < -0.3 is 11.1 Å². The average Bonchev–Trinajstić information content (AvgIpc) is 2.98. The zero-order chi connectivity index (χ0) is 11.5. The van der Waals surface area contributed by atoms with Crippen LogP contribution >= 0.6 is 0 Å². The molecular formula is C12H16F2N2. The van der Waals surface area contributed by atoms with Crippen molar-refractivity contribution in [2.24, 2.45) is 5.92 Å². The van der Waals surface area contributed by atoms with Crippen molar-refractivity contribution in [3.05, 3.63) is 23.8 Å². The highest BCUT2D eigenvalue weighted by molar-refractivity contribution is 5.53.